The number of rotatable bonds is 4. The molecule has 0 spiro atoms. The first kappa shape index (κ1) is 19.2. The van der Waals surface area contributed by atoms with Gasteiger partial charge in [-0.25, -0.2) is 9.78 Å². The van der Waals surface area contributed by atoms with E-state index in [-0.39, 0.29) is 5.56 Å². The van der Waals surface area contributed by atoms with Gasteiger partial charge >= 0.3 is 5.97 Å². The maximum Gasteiger partial charge on any atom is 0.336 e. The molecule has 4 aromatic rings. The molecule has 2 aromatic heterocycles. The Balaban J connectivity index is 1.70. The summed E-state index contributed by atoms with van der Waals surface area (Å²) in [5, 5.41) is 11.2. The molecular weight excluding hydrogens is 409 g/mol. The number of carboxylic acids is 1. The van der Waals surface area contributed by atoms with Crippen molar-refractivity contribution in [2.24, 2.45) is 0 Å². The van der Waals surface area contributed by atoms with Gasteiger partial charge in [0.1, 0.15) is 11.5 Å². The molecule has 0 aliphatic heterocycles. The summed E-state index contributed by atoms with van der Waals surface area (Å²) in [4.78, 5) is 16.2. The summed E-state index contributed by atoms with van der Waals surface area (Å²) in [6, 6.07) is 15.9. The smallest absolute Gasteiger partial charge is 0.336 e. The van der Waals surface area contributed by atoms with Crippen LogP contribution in [0.5, 0.6) is 0 Å². The van der Waals surface area contributed by atoms with Crippen molar-refractivity contribution in [3.8, 4) is 11.3 Å². The molecule has 0 amide bonds. The number of hydrogen-bond acceptors (Lipinski definition) is 3. The lowest BCUT2D eigenvalue weighted by Gasteiger charge is -2.05. The molecule has 0 saturated heterocycles. The molecule has 0 saturated carbocycles. The normalized spacial score (nSPS) is 11.4. The number of aromatic carboxylic acids is 1. The molecule has 144 valence electrons. The predicted octanol–water partition coefficient (Wildman–Crippen LogP) is 6.98. The highest BCUT2D eigenvalue weighted by Crippen LogP contribution is 2.35. The number of carbonyl (C=O) groups is 1. The Morgan fingerprint density at radius 2 is 1.79 bits per heavy atom. The van der Waals surface area contributed by atoms with Gasteiger partial charge in [-0.05, 0) is 61.5 Å². The van der Waals surface area contributed by atoms with E-state index in [4.69, 9.17) is 27.6 Å². The second-order valence-corrected chi connectivity index (χ2v) is 7.37. The predicted molar refractivity (Wildman–Crippen MR) is 117 cm³/mol. The van der Waals surface area contributed by atoms with Crippen LogP contribution in [0.25, 0.3) is 34.4 Å². The second kappa shape index (κ2) is 7.74. The van der Waals surface area contributed by atoms with Crippen LogP contribution in [0.3, 0.4) is 0 Å². The van der Waals surface area contributed by atoms with Gasteiger partial charge in [-0.2, -0.15) is 0 Å². The minimum absolute atomic E-state index is 0.210. The minimum atomic E-state index is -0.994. The number of halogens is 2. The third kappa shape index (κ3) is 3.90. The van der Waals surface area contributed by atoms with Crippen LogP contribution in [0.15, 0.2) is 59.0 Å². The fourth-order valence-corrected chi connectivity index (χ4v) is 3.68. The summed E-state index contributed by atoms with van der Waals surface area (Å²) < 4.78 is 5.83. The van der Waals surface area contributed by atoms with Crippen molar-refractivity contribution in [1.29, 1.82) is 0 Å². The average Bonchev–Trinajstić information content (AvgIpc) is 3.14. The van der Waals surface area contributed by atoms with E-state index in [0.717, 1.165) is 5.56 Å². The number of carboxylic acid groups (broad SMARTS) is 1. The molecule has 0 fully saturated rings. The summed E-state index contributed by atoms with van der Waals surface area (Å²) in [6.45, 7) is 1.92. The van der Waals surface area contributed by atoms with Gasteiger partial charge in [0, 0.05) is 5.39 Å². The summed E-state index contributed by atoms with van der Waals surface area (Å²) in [5.74, 6) is 0.124. The lowest BCUT2D eigenvalue weighted by atomic mass is 10.1. The van der Waals surface area contributed by atoms with Gasteiger partial charge in [0.15, 0.2) is 0 Å². The van der Waals surface area contributed by atoms with E-state index in [1.54, 1.807) is 48.6 Å². The fourth-order valence-electron chi connectivity index (χ4n) is 3.10. The largest absolute Gasteiger partial charge is 0.478 e. The van der Waals surface area contributed by atoms with Crippen LogP contribution in [-0.4, -0.2) is 16.1 Å². The third-order valence-corrected chi connectivity index (χ3v) is 5.10. The van der Waals surface area contributed by atoms with E-state index in [2.05, 4.69) is 4.98 Å². The molecule has 0 unspecified atom stereocenters. The van der Waals surface area contributed by atoms with E-state index in [0.29, 0.717) is 43.7 Å². The Kier molecular flexibility index (Phi) is 5.14. The summed E-state index contributed by atoms with van der Waals surface area (Å²) in [5.41, 5.74) is 2.96. The van der Waals surface area contributed by atoms with E-state index >= 15 is 0 Å². The highest BCUT2D eigenvalue weighted by molar-refractivity contribution is 6.39. The van der Waals surface area contributed by atoms with Crippen LogP contribution in [0.1, 0.15) is 27.4 Å². The molecule has 1 N–H and O–H groups in total. The van der Waals surface area contributed by atoms with Gasteiger partial charge in [-0.15, -0.1) is 0 Å². The molecule has 0 atom stereocenters. The van der Waals surface area contributed by atoms with Crippen LogP contribution >= 0.6 is 23.2 Å². The maximum absolute atomic E-state index is 11.7. The number of aromatic nitrogens is 1. The zero-order chi connectivity index (χ0) is 20.5. The van der Waals surface area contributed by atoms with Gasteiger partial charge in [-0.3, -0.25) is 0 Å². The molecule has 0 bridgehead atoms. The Hall–Kier alpha value is -3.08. The van der Waals surface area contributed by atoms with E-state index in [1.165, 1.54) is 0 Å². The number of furan rings is 1. The van der Waals surface area contributed by atoms with Crippen LogP contribution in [0, 0.1) is 6.92 Å². The molecule has 0 aliphatic carbocycles. The van der Waals surface area contributed by atoms with Crippen LogP contribution in [-0.2, 0) is 0 Å². The van der Waals surface area contributed by atoms with Gasteiger partial charge in [-0.1, -0.05) is 40.9 Å². The lowest BCUT2D eigenvalue weighted by molar-refractivity contribution is 0.0699. The number of pyridine rings is 1. The summed E-state index contributed by atoms with van der Waals surface area (Å²) in [7, 11) is 0. The number of hydrogen-bond donors (Lipinski definition) is 1. The van der Waals surface area contributed by atoms with Crippen molar-refractivity contribution in [3.05, 3.63) is 87.2 Å². The van der Waals surface area contributed by atoms with Crippen molar-refractivity contribution in [2.75, 3.05) is 0 Å². The third-order valence-electron chi connectivity index (χ3n) is 4.47. The standard InChI is InChI=1S/C23H15Cl2NO3/c1-13-5-9-20-16(11-13)17(23(27)28)12-14(26-20)6-7-15-8-10-21(29-15)22-18(24)3-2-4-19(22)25/h2-12H,1H3,(H,27,28). The van der Waals surface area contributed by atoms with E-state index < -0.39 is 5.97 Å². The van der Waals surface area contributed by atoms with Gasteiger partial charge in [0.25, 0.3) is 0 Å². The number of nitrogens with zero attached hydrogens (tertiary/aromatic N) is 1. The van der Waals surface area contributed by atoms with Crippen molar-refractivity contribution in [1.82, 2.24) is 4.98 Å². The molecule has 29 heavy (non-hydrogen) atoms. The highest BCUT2D eigenvalue weighted by Gasteiger charge is 2.13. The Morgan fingerprint density at radius 1 is 1.03 bits per heavy atom. The molecule has 0 radical (unpaired) electrons. The first-order chi connectivity index (χ1) is 13.9. The Bertz CT molecular complexity index is 1250. The SMILES string of the molecule is Cc1ccc2nc(C=Cc3ccc(-c4c(Cl)cccc4Cl)o3)cc(C(=O)O)c2c1. The number of aryl methyl sites for hydroxylation is 1. The van der Waals surface area contributed by atoms with Gasteiger partial charge in [0.05, 0.1) is 32.4 Å². The first-order valence-electron chi connectivity index (χ1n) is 8.79. The molecular formula is C23H15Cl2NO3. The van der Waals surface area contributed by atoms with Crippen LogP contribution < -0.4 is 0 Å². The quantitative estimate of drug-likeness (QED) is 0.384. The minimum Gasteiger partial charge on any atom is -0.478 e. The van der Waals surface area contributed by atoms with Crippen molar-refractivity contribution in [2.45, 2.75) is 6.92 Å². The molecule has 2 aromatic carbocycles. The average molecular weight is 424 g/mol. The van der Waals surface area contributed by atoms with Gasteiger partial charge < -0.3 is 9.52 Å². The zero-order valence-electron chi connectivity index (χ0n) is 15.3. The Morgan fingerprint density at radius 3 is 2.52 bits per heavy atom. The van der Waals surface area contributed by atoms with Crippen molar-refractivity contribution >= 4 is 52.2 Å². The molecule has 6 heteroatoms. The second-order valence-electron chi connectivity index (χ2n) is 6.55. The first-order valence-corrected chi connectivity index (χ1v) is 9.55. The topological polar surface area (TPSA) is 63.3 Å². The molecule has 4 nitrogen and oxygen atoms in total. The van der Waals surface area contributed by atoms with Gasteiger partial charge in [0.2, 0.25) is 0 Å². The van der Waals surface area contributed by atoms with Crippen LogP contribution in [0.4, 0.5) is 0 Å². The number of fused-ring (bicyclic) bond motifs is 1. The van der Waals surface area contributed by atoms with E-state index in [9.17, 15) is 9.90 Å². The molecule has 4 rings (SSSR count). The summed E-state index contributed by atoms with van der Waals surface area (Å²) >= 11 is 12.5. The van der Waals surface area contributed by atoms with Crippen LogP contribution in [0.2, 0.25) is 10.0 Å². The Labute approximate surface area is 177 Å². The van der Waals surface area contributed by atoms with Crippen molar-refractivity contribution in [3.63, 3.8) is 0 Å². The zero-order valence-corrected chi connectivity index (χ0v) is 16.8. The lowest BCUT2D eigenvalue weighted by Crippen LogP contribution is -2.00. The highest BCUT2D eigenvalue weighted by atomic mass is 35.5. The van der Waals surface area contributed by atoms with E-state index in [1.807, 2.05) is 25.1 Å². The monoisotopic (exact) mass is 423 g/mol. The maximum atomic E-state index is 11.7. The summed E-state index contributed by atoms with van der Waals surface area (Å²) in [6.07, 6.45) is 3.44. The number of benzene rings is 2. The fraction of sp³-hybridized carbons (Fsp3) is 0.0435. The molecule has 0 aliphatic rings. The molecule has 2 heterocycles. The van der Waals surface area contributed by atoms with Crippen molar-refractivity contribution < 1.29 is 14.3 Å².